The highest BCUT2D eigenvalue weighted by molar-refractivity contribution is 4.96. The van der Waals surface area contributed by atoms with Gasteiger partial charge in [-0.2, -0.15) is 0 Å². The van der Waals surface area contributed by atoms with Crippen molar-refractivity contribution in [1.82, 2.24) is 9.80 Å². The van der Waals surface area contributed by atoms with Crippen molar-refractivity contribution in [3.63, 3.8) is 0 Å². The van der Waals surface area contributed by atoms with Crippen LogP contribution in [-0.2, 0) is 9.47 Å². The fourth-order valence-corrected chi connectivity index (χ4v) is 4.73. The molecule has 2 heterocycles. The molecule has 0 aromatic rings. The van der Waals surface area contributed by atoms with E-state index in [0.717, 1.165) is 32.2 Å². The molecule has 4 atom stereocenters. The fourth-order valence-electron chi connectivity index (χ4n) is 4.73. The molecule has 2 saturated heterocycles. The van der Waals surface area contributed by atoms with Crippen LogP contribution in [0.4, 0.5) is 0 Å². The van der Waals surface area contributed by atoms with Crippen LogP contribution < -0.4 is 0 Å². The van der Waals surface area contributed by atoms with Gasteiger partial charge >= 0.3 is 0 Å². The SMILES string of the molecule is C=CN1CC(N2CC(C)OC(C)C2)CC1COC1CCC(C)CC1. The Morgan fingerprint density at radius 1 is 1.04 bits per heavy atom. The van der Waals surface area contributed by atoms with Crippen LogP contribution in [0.5, 0.6) is 0 Å². The van der Waals surface area contributed by atoms with Crippen LogP contribution in [0.1, 0.15) is 52.9 Å². The maximum absolute atomic E-state index is 6.29. The Morgan fingerprint density at radius 3 is 2.33 bits per heavy atom. The molecule has 2 aliphatic heterocycles. The zero-order valence-electron chi connectivity index (χ0n) is 15.8. The van der Waals surface area contributed by atoms with Gasteiger partial charge in [-0.3, -0.25) is 4.90 Å². The molecule has 4 unspecified atom stereocenters. The zero-order valence-corrected chi connectivity index (χ0v) is 15.8. The van der Waals surface area contributed by atoms with Gasteiger partial charge in [0.05, 0.1) is 31.0 Å². The van der Waals surface area contributed by atoms with Crippen LogP contribution in [0, 0.1) is 5.92 Å². The van der Waals surface area contributed by atoms with Gasteiger partial charge in [-0.1, -0.05) is 13.5 Å². The van der Waals surface area contributed by atoms with E-state index >= 15 is 0 Å². The number of ether oxygens (including phenoxy) is 2. The van der Waals surface area contributed by atoms with Gasteiger partial charge < -0.3 is 14.4 Å². The number of nitrogens with zero attached hydrogens (tertiary/aromatic N) is 2. The van der Waals surface area contributed by atoms with Gasteiger partial charge in [0.2, 0.25) is 0 Å². The molecule has 138 valence electrons. The lowest BCUT2D eigenvalue weighted by atomic mass is 9.89. The van der Waals surface area contributed by atoms with Gasteiger partial charge in [-0.25, -0.2) is 0 Å². The van der Waals surface area contributed by atoms with Crippen molar-refractivity contribution in [1.29, 1.82) is 0 Å². The first kappa shape index (κ1) is 18.2. The van der Waals surface area contributed by atoms with Crippen molar-refractivity contribution in [3.05, 3.63) is 12.8 Å². The molecule has 0 radical (unpaired) electrons. The number of likely N-dealkylation sites (tertiary alicyclic amines) is 1. The summed E-state index contributed by atoms with van der Waals surface area (Å²) < 4.78 is 12.2. The molecule has 0 N–H and O–H groups in total. The molecular formula is C20H36N2O2. The van der Waals surface area contributed by atoms with Crippen molar-refractivity contribution >= 4 is 0 Å². The highest BCUT2D eigenvalue weighted by atomic mass is 16.5. The Morgan fingerprint density at radius 2 is 1.71 bits per heavy atom. The number of morpholine rings is 1. The second-order valence-electron chi connectivity index (χ2n) is 8.35. The quantitative estimate of drug-likeness (QED) is 0.769. The van der Waals surface area contributed by atoms with Crippen LogP contribution in [0.3, 0.4) is 0 Å². The van der Waals surface area contributed by atoms with Crippen molar-refractivity contribution < 1.29 is 9.47 Å². The molecule has 24 heavy (non-hydrogen) atoms. The molecule has 0 spiro atoms. The average molecular weight is 337 g/mol. The van der Waals surface area contributed by atoms with Crippen LogP contribution >= 0.6 is 0 Å². The molecule has 3 fully saturated rings. The Bertz CT molecular complexity index is 398. The van der Waals surface area contributed by atoms with Crippen LogP contribution in [0.2, 0.25) is 0 Å². The second-order valence-corrected chi connectivity index (χ2v) is 8.35. The highest BCUT2D eigenvalue weighted by Crippen LogP contribution is 2.29. The van der Waals surface area contributed by atoms with E-state index in [1.807, 2.05) is 6.20 Å². The lowest BCUT2D eigenvalue weighted by Crippen LogP contribution is -2.50. The van der Waals surface area contributed by atoms with Crippen molar-refractivity contribution in [2.24, 2.45) is 5.92 Å². The summed E-state index contributed by atoms with van der Waals surface area (Å²) in [6, 6.07) is 1.09. The van der Waals surface area contributed by atoms with Crippen molar-refractivity contribution in [3.8, 4) is 0 Å². The Labute approximate surface area is 148 Å². The van der Waals surface area contributed by atoms with Crippen LogP contribution in [0.15, 0.2) is 12.8 Å². The van der Waals surface area contributed by atoms with Crippen molar-refractivity contribution in [2.45, 2.75) is 83.3 Å². The minimum absolute atomic E-state index is 0.338. The summed E-state index contributed by atoms with van der Waals surface area (Å²) in [5.74, 6) is 0.885. The molecule has 1 saturated carbocycles. The largest absolute Gasteiger partial charge is 0.376 e. The smallest absolute Gasteiger partial charge is 0.0678 e. The van der Waals surface area contributed by atoms with Gasteiger partial charge in [-0.05, 0) is 58.1 Å². The van der Waals surface area contributed by atoms with E-state index in [-0.39, 0.29) is 0 Å². The predicted molar refractivity (Wildman–Crippen MR) is 98.1 cm³/mol. The highest BCUT2D eigenvalue weighted by Gasteiger charge is 2.37. The van der Waals surface area contributed by atoms with Gasteiger partial charge in [0.1, 0.15) is 0 Å². The summed E-state index contributed by atoms with van der Waals surface area (Å²) >= 11 is 0. The summed E-state index contributed by atoms with van der Waals surface area (Å²) in [7, 11) is 0. The lowest BCUT2D eigenvalue weighted by molar-refractivity contribution is -0.0790. The Kier molecular flexibility index (Phi) is 6.22. The molecule has 3 rings (SSSR count). The third kappa shape index (κ3) is 4.53. The second kappa shape index (κ2) is 8.20. The first-order chi connectivity index (χ1) is 11.5. The first-order valence-electron chi connectivity index (χ1n) is 9.94. The van der Waals surface area contributed by atoms with Crippen molar-refractivity contribution in [2.75, 3.05) is 26.2 Å². The van der Waals surface area contributed by atoms with E-state index in [4.69, 9.17) is 9.47 Å². The monoisotopic (exact) mass is 336 g/mol. The lowest BCUT2D eigenvalue weighted by Gasteiger charge is -2.38. The topological polar surface area (TPSA) is 24.9 Å². The maximum Gasteiger partial charge on any atom is 0.0678 e. The number of rotatable bonds is 5. The Hall–Kier alpha value is -0.580. The Balaban J connectivity index is 1.49. The summed E-state index contributed by atoms with van der Waals surface area (Å²) in [6.45, 7) is 14.8. The molecule has 4 nitrogen and oxygen atoms in total. The number of hydrogen-bond acceptors (Lipinski definition) is 4. The standard InChI is InChI=1S/C20H36N2O2/c1-5-21-13-18(22-11-16(3)24-17(4)12-22)10-19(21)14-23-20-8-6-15(2)7-9-20/h5,15-20H,1,6-14H2,2-4H3. The minimum atomic E-state index is 0.338. The molecule has 0 aromatic heterocycles. The molecule has 3 aliphatic rings. The predicted octanol–water partition coefficient (Wildman–Crippen LogP) is 3.28. The molecule has 0 aromatic carbocycles. The van der Waals surface area contributed by atoms with Gasteiger partial charge in [0.25, 0.3) is 0 Å². The normalized spacial score (nSPS) is 41.5. The molecule has 1 aliphatic carbocycles. The van der Waals surface area contributed by atoms with E-state index in [1.54, 1.807) is 0 Å². The van der Waals surface area contributed by atoms with Gasteiger partial charge in [-0.15, -0.1) is 0 Å². The summed E-state index contributed by atoms with van der Waals surface area (Å²) in [4.78, 5) is 5.03. The number of hydrogen-bond donors (Lipinski definition) is 0. The van der Waals surface area contributed by atoms with Gasteiger partial charge in [0.15, 0.2) is 0 Å². The van der Waals surface area contributed by atoms with Gasteiger partial charge in [0, 0.05) is 25.7 Å². The third-order valence-electron chi connectivity index (χ3n) is 6.12. The molecule has 0 amide bonds. The van der Waals surface area contributed by atoms with Crippen LogP contribution in [0.25, 0.3) is 0 Å². The summed E-state index contributed by atoms with van der Waals surface area (Å²) in [5.41, 5.74) is 0. The van der Waals surface area contributed by atoms with E-state index in [9.17, 15) is 0 Å². The first-order valence-corrected chi connectivity index (χ1v) is 9.94. The molecule has 0 bridgehead atoms. The third-order valence-corrected chi connectivity index (χ3v) is 6.12. The zero-order chi connectivity index (χ0) is 17.1. The molecular weight excluding hydrogens is 300 g/mol. The van der Waals surface area contributed by atoms with E-state index in [0.29, 0.717) is 30.4 Å². The van der Waals surface area contributed by atoms with E-state index < -0.39 is 0 Å². The van der Waals surface area contributed by atoms with E-state index in [2.05, 4.69) is 37.1 Å². The summed E-state index contributed by atoms with van der Waals surface area (Å²) in [6.07, 6.45) is 9.50. The molecule has 4 heteroatoms. The average Bonchev–Trinajstić information content (AvgIpc) is 2.97. The summed E-state index contributed by atoms with van der Waals surface area (Å²) in [5, 5.41) is 0. The fraction of sp³-hybridized carbons (Fsp3) is 0.900. The maximum atomic E-state index is 6.29. The van der Waals surface area contributed by atoms with Crippen LogP contribution in [-0.4, -0.2) is 66.4 Å². The minimum Gasteiger partial charge on any atom is -0.376 e. The van der Waals surface area contributed by atoms with E-state index in [1.165, 1.54) is 32.1 Å².